The lowest BCUT2D eigenvalue weighted by Gasteiger charge is -2.21. The van der Waals surface area contributed by atoms with Crippen molar-refractivity contribution in [3.05, 3.63) is 35.5 Å². The normalized spacial score (nSPS) is 12.5. The summed E-state index contributed by atoms with van der Waals surface area (Å²) in [6.07, 6.45) is 3.13. The molecule has 1 aliphatic rings. The third kappa shape index (κ3) is 3.09. The average Bonchev–Trinajstić information content (AvgIpc) is 2.95. The minimum absolute atomic E-state index is 0. The molecule has 1 aromatic carbocycles. The monoisotopic (exact) mass is 320 g/mol. The van der Waals surface area contributed by atoms with Crippen LogP contribution >= 0.6 is 12.4 Å². The minimum Gasteiger partial charge on any atom is -0.494 e. The number of halogens is 1. The van der Waals surface area contributed by atoms with Crippen LogP contribution in [-0.2, 0) is 12.8 Å². The first-order valence-corrected chi connectivity index (χ1v) is 7.31. The first-order valence-electron chi connectivity index (χ1n) is 7.31. The largest absolute Gasteiger partial charge is 0.494 e. The van der Waals surface area contributed by atoms with E-state index in [1.54, 1.807) is 0 Å². The van der Waals surface area contributed by atoms with Gasteiger partial charge in [-0.05, 0) is 50.5 Å². The Morgan fingerprint density at radius 3 is 2.59 bits per heavy atom. The van der Waals surface area contributed by atoms with E-state index in [1.807, 2.05) is 38.2 Å². The molecule has 5 nitrogen and oxygen atoms in total. The highest BCUT2D eigenvalue weighted by Crippen LogP contribution is 2.33. The fraction of sp³-hybridized carbons (Fsp3) is 0.375. The number of nitrogen functional groups attached to an aromatic ring is 1. The highest BCUT2D eigenvalue weighted by atomic mass is 35.5. The number of hydrogen-bond donors (Lipinski definition) is 1. The molecular weight excluding hydrogens is 300 g/mol. The van der Waals surface area contributed by atoms with E-state index < -0.39 is 0 Å². The maximum absolute atomic E-state index is 5.84. The number of nitrogens with two attached hydrogens (primary N) is 1. The first kappa shape index (κ1) is 16.4. The van der Waals surface area contributed by atoms with E-state index in [9.17, 15) is 0 Å². The van der Waals surface area contributed by atoms with Gasteiger partial charge < -0.3 is 15.4 Å². The van der Waals surface area contributed by atoms with Gasteiger partial charge in [-0.2, -0.15) is 4.98 Å². The van der Waals surface area contributed by atoms with Gasteiger partial charge in [0.1, 0.15) is 11.6 Å². The molecule has 0 fully saturated rings. The number of anilines is 3. The molecule has 1 aliphatic carbocycles. The predicted molar refractivity (Wildman–Crippen MR) is 91.4 cm³/mol. The molecule has 1 heterocycles. The number of rotatable bonds is 4. The fourth-order valence-electron chi connectivity index (χ4n) is 2.76. The van der Waals surface area contributed by atoms with Crippen molar-refractivity contribution in [2.45, 2.75) is 26.2 Å². The SMILES string of the molecule is CCOc1ccc(N(C)c2nc(N)nc3c2CCC3)cc1.Cl. The van der Waals surface area contributed by atoms with Crippen LogP contribution in [0, 0.1) is 0 Å². The third-order valence-electron chi connectivity index (χ3n) is 3.78. The Hall–Kier alpha value is -2.01. The number of aromatic nitrogens is 2. The second kappa shape index (κ2) is 6.83. The summed E-state index contributed by atoms with van der Waals surface area (Å²) in [5, 5.41) is 0. The number of aryl methyl sites for hydroxylation is 1. The number of benzene rings is 1. The van der Waals surface area contributed by atoms with Gasteiger partial charge >= 0.3 is 0 Å². The summed E-state index contributed by atoms with van der Waals surface area (Å²) in [6.45, 7) is 2.65. The molecule has 2 aromatic rings. The number of ether oxygens (including phenoxy) is 1. The van der Waals surface area contributed by atoms with Crippen molar-refractivity contribution in [2.75, 3.05) is 24.3 Å². The second-order valence-corrected chi connectivity index (χ2v) is 5.17. The van der Waals surface area contributed by atoms with Gasteiger partial charge in [-0.1, -0.05) is 0 Å². The summed E-state index contributed by atoms with van der Waals surface area (Å²) in [7, 11) is 2.01. The average molecular weight is 321 g/mol. The molecule has 2 N–H and O–H groups in total. The zero-order valence-corrected chi connectivity index (χ0v) is 13.7. The summed E-state index contributed by atoms with van der Waals surface area (Å²) in [6, 6.07) is 8.01. The highest BCUT2D eigenvalue weighted by molar-refractivity contribution is 5.85. The van der Waals surface area contributed by atoms with Crippen LogP contribution in [-0.4, -0.2) is 23.6 Å². The Labute approximate surface area is 136 Å². The van der Waals surface area contributed by atoms with Gasteiger partial charge in [0.2, 0.25) is 5.95 Å². The van der Waals surface area contributed by atoms with E-state index in [0.29, 0.717) is 12.6 Å². The number of hydrogen-bond acceptors (Lipinski definition) is 5. The number of nitrogens with zero attached hydrogens (tertiary/aromatic N) is 3. The Kier molecular flexibility index (Phi) is 5.08. The van der Waals surface area contributed by atoms with Crippen molar-refractivity contribution in [2.24, 2.45) is 0 Å². The summed E-state index contributed by atoms with van der Waals surface area (Å²) in [4.78, 5) is 10.9. The molecule has 0 spiro atoms. The van der Waals surface area contributed by atoms with Crippen LogP contribution < -0.4 is 15.4 Å². The predicted octanol–water partition coefficient (Wildman–Crippen LogP) is 3.14. The Morgan fingerprint density at radius 1 is 1.18 bits per heavy atom. The smallest absolute Gasteiger partial charge is 0.222 e. The molecule has 22 heavy (non-hydrogen) atoms. The highest BCUT2D eigenvalue weighted by Gasteiger charge is 2.21. The van der Waals surface area contributed by atoms with Crippen LogP contribution in [0.4, 0.5) is 17.5 Å². The van der Waals surface area contributed by atoms with Gasteiger partial charge in [-0.15, -0.1) is 12.4 Å². The van der Waals surface area contributed by atoms with Crippen molar-refractivity contribution < 1.29 is 4.74 Å². The molecule has 3 rings (SSSR count). The van der Waals surface area contributed by atoms with Gasteiger partial charge in [0.05, 0.1) is 12.3 Å². The van der Waals surface area contributed by atoms with Crippen LogP contribution in [0.3, 0.4) is 0 Å². The quantitative estimate of drug-likeness (QED) is 0.937. The van der Waals surface area contributed by atoms with Gasteiger partial charge in [0, 0.05) is 18.3 Å². The molecule has 0 saturated carbocycles. The lowest BCUT2D eigenvalue weighted by atomic mass is 10.2. The van der Waals surface area contributed by atoms with E-state index >= 15 is 0 Å². The van der Waals surface area contributed by atoms with Gasteiger partial charge in [0.15, 0.2) is 0 Å². The zero-order valence-electron chi connectivity index (χ0n) is 12.9. The van der Waals surface area contributed by atoms with Crippen LogP contribution in [0.15, 0.2) is 24.3 Å². The molecule has 0 unspecified atom stereocenters. The molecule has 0 aliphatic heterocycles. The van der Waals surface area contributed by atoms with E-state index in [0.717, 1.165) is 42.2 Å². The molecule has 0 amide bonds. The summed E-state index contributed by atoms with van der Waals surface area (Å²) >= 11 is 0. The van der Waals surface area contributed by atoms with Crippen molar-refractivity contribution in [1.82, 2.24) is 9.97 Å². The van der Waals surface area contributed by atoms with Crippen molar-refractivity contribution in [3.63, 3.8) is 0 Å². The van der Waals surface area contributed by atoms with Crippen LogP contribution in [0.5, 0.6) is 5.75 Å². The molecule has 0 bridgehead atoms. The molecular formula is C16H21ClN4O. The Morgan fingerprint density at radius 2 is 1.91 bits per heavy atom. The van der Waals surface area contributed by atoms with Crippen LogP contribution in [0.25, 0.3) is 0 Å². The molecule has 0 radical (unpaired) electrons. The molecule has 118 valence electrons. The standard InChI is InChI=1S/C16H20N4O.ClH/c1-3-21-12-9-7-11(8-10-12)20(2)15-13-5-4-6-14(13)18-16(17)19-15;/h7-10H,3-6H2,1-2H3,(H2,17,18,19);1H. The van der Waals surface area contributed by atoms with Gasteiger partial charge in [-0.25, -0.2) is 4.98 Å². The minimum atomic E-state index is 0. The van der Waals surface area contributed by atoms with Gasteiger partial charge in [0.25, 0.3) is 0 Å². The molecule has 0 saturated heterocycles. The lowest BCUT2D eigenvalue weighted by molar-refractivity contribution is 0.340. The topological polar surface area (TPSA) is 64.3 Å². The Balaban J connectivity index is 0.00000176. The Bertz CT molecular complexity index is 645. The maximum atomic E-state index is 5.84. The second-order valence-electron chi connectivity index (χ2n) is 5.17. The maximum Gasteiger partial charge on any atom is 0.222 e. The fourth-order valence-corrected chi connectivity index (χ4v) is 2.76. The molecule has 1 aromatic heterocycles. The third-order valence-corrected chi connectivity index (χ3v) is 3.78. The lowest BCUT2D eigenvalue weighted by Crippen LogP contribution is -2.15. The van der Waals surface area contributed by atoms with Crippen molar-refractivity contribution >= 4 is 29.9 Å². The summed E-state index contributed by atoms with van der Waals surface area (Å²) in [5.41, 5.74) is 9.22. The van der Waals surface area contributed by atoms with E-state index in [-0.39, 0.29) is 12.4 Å². The number of fused-ring (bicyclic) bond motifs is 1. The van der Waals surface area contributed by atoms with E-state index in [1.165, 1.54) is 5.56 Å². The zero-order chi connectivity index (χ0) is 14.8. The molecule has 6 heteroatoms. The summed E-state index contributed by atoms with van der Waals surface area (Å²) in [5.74, 6) is 2.14. The van der Waals surface area contributed by atoms with Crippen LogP contribution in [0.1, 0.15) is 24.6 Å². The van der Waals surface area contributed by atoms with Gasteiger partial charge in [-0.3, -0.25) is 0 Å². The van der Waals surface area contributed by atoms with E-state index in [2.05, 4.69) is 14.9 Å². The van der Waals surface area contributed by atoms with Crippen LogP contribution in [0.2, 0.25) is 0 Å². The van der Waals surface area contributed by atoms with E-state index in [4.69, 9.17) is 10.5 Å². The van der Waals surface area contributed by atoms with Crippen molar-refractivity contribution in [3.8, 4) is 5.75 Å². The molecule has 0 atom stereocenters. The van der Waals surface area contributed by atoms with Crippen molar-refractivity contribution in [1.29, 1.82) is 0 Å². The first-order chi connectivity index (χ1) is 10.2. The summed E-state index contributed by atoms with van der Waals surface area (Å²) < 4.78 is 5.48.